The average molecular weight is 333 g/mol. The Morgan fingerprint density at radius 2 is 1.83 bits per heavy atom. The van der Waals surface area contributed by atoms with E-state index in [2.05, 4.69) is 5.32 Å². The topological polar surface area (TPSA) is 47.6 Å². The minimum Gasteiger partial charge on any atom is -0.400 e. The summed E-state index contributed by atoms with van der Waals surface area (Å²) < 4.78 is 25.5. The minimum absolute atomic E-state index is 0.131. The van der Waals surface area contributed by atoms with Crippen LogP contribution in [0.5, 0.6) is 0 Å². The van der Waals surface area contributed by atoms with Crippen LogP contribution in [-0.4, -0.2) is 30.8 Å². The van der Waals surface area contributed by atoms with Crippen molar-refractivity contribution in [2.45, 2.75) is 52.7 Å². The molecule has 1 fully saturated rings. The lowest BCUT2D eigenvalue weighted by atomic mass is 9.76. The maximum absolute atomic E-state index is 13.3. The molecule has 4 nitrogen and oxygen atoms in total. The normalized spacial score (nSPS) is 19.5. The van der Waals surface area contributed by atoms with E-state index in [9.17, 15) is 9.18 Å². The van der Waals surface area contributed by atoms with E-state index >= 15 is 0 Å². The second-order valence-corrected chi connectivity index (χ2v) is 7.22. The van der Waals surface area contributed by atoms with Gasteiger partial charge in [0.25, 0.3) is 0 Å². The van der Waals surface area contributed by atoms with Gasteiger partial charge < -0.3 is 14.6 Å². The lowest BCUT2D eigenvalue weighted by Gasteiger charge is -2.32. The van der Waals surface area contributed by atoms with Crippen molar-refractivity contribution >= 4 is 19.1 Å². The Balaban J connectivity index is 2.35. The third-order valence-electron chi connectivity index (χ3n) is 4.67. The number of rotatable bonds is 4. The van der Waals surface area contributed by atoms with Gasteiger partial charge in [-0.2, -0.15) is 0 Å². The molecule has 0 unspecified atom stereocenters. The fourth-order valence-corrected chi connectivity index (χ4v) is 2.42. The van der Waals surface area contributed by atoms with Crippen LogP contribution >= 0.6 is 0 Å². The summed E-state index contributed by atoms with van der Waals surface area (Å²) in [4.78, 5) is 11.3. The minimum atomic E-state index is -0.564. The van der Waals surface area contributed by atoms with E-state index in [-0.39, 0.29) is 11.7 Å². The van der Waals surface area contributed by atoms with Crippen molar-refractivity contribution in [2.75, 3.05) is 6.54 Å². The van der Waals surface area contributed by atoms with Gasteiger partial charge in [0, 0.05) is 13.5 Å². The third-order valence-corrected chi connectivity index (χ3v) is 4.67. The average Bonchev–Trinajstić information content (AvgIpc) is 2.65. The van der Waals surface area contributed by atoms with Crippen LogP contribution in [0.4, 0.5) is 4.39 Å². The molecule has 1 amide bonds. The molecular weight excluding hydrogens is 308 g/mol. The highest BCUT2D eigenvalue weighted by atomic mass is 19.1. The molecular formula is C18H25BFNO3. The van der Waals surface area contributed by atoms with E-state index in [0.29, 0.717) is 6.54 Å². The summed E-state index contributed by atoms with van der Waals surface area (Å²) in [5, 5.41) is 2.79. The van der Waals surface area contributed by atoms with Crippen molar-refractivity contribution in [3.8, 4) is 0 Å². The second-order valence-electron chi connectivity index (χ2n) is 7.22. The Kier molecular flexibility index (Phi) is 5.21. The number of halogens is 1. The lowest BCUT2D eigenvalue weighted by Crippen LogP contribution is -2.41. The first-order valence-corrected chi connectivity index (χ1v) is 8.08. The molecule has 0 radical (unpaired) electrons. The van der Waals surface area contributed by atoms with E-state index < -0.39 is 18.3 Å². The van der Waals surface area contributed by atoms with Gasteiger partial charge in [-0.15, -0.1) is 0 Å². The molecule has 0 atom stereocenters. The number of hydrogen-bond donors (Lipinski definition) is 1. The van der Waals surface area contributed by atoms with Crippen LogP contribution in [0.25, 0.3) is 6.08 Å². The largest absolute Gasteiger partial charge is 0.492 e. The zero-order valence-corrected chi connectivity index (χ0v) is 15.2. The fourth-order valence-electron chi connectivity index (χ4n) is 2.42. The van der Waals surface area contributed by atoms with Gasteiger partial charge in [-0.05, 0) is 63.4 Å². The monoisotopic (exact) mass is 333 g/mol. The number of carbonyl (C=O) groups excluding carboxylic acids is 1. The van der Waals surface area contributed by atoms with Crippen LogP contribution in [0.2, 0.25) is 0 Å². The van der Waals surface area contributed by atoms with E-state index in [4.69, 9.17) is 9.31 Å². The van der Waals surface area contributed by atoms with Gasteiger partial charge in [-0.1, -0.05) is 12.1 Å². The second kappa shape index (κ2) is 6.69. The Morgan fingerprint density at radius 1 is 1.25 bits per heavy atom. The third kappa shape index (κ3) is 4.05. The first-order valence-electron chi connectivity index (χ1n) is 8.08. The Bertz CT molecular complexity index is 654. The van der Waals surface area contributed by atoms with E-state index in [1.54, 1.807) is 6.07 Å². The maximum atomic E-state index is 13.3. The van der Waals surface area contributed by atoms with Gasteiger partial charge >= 0.3 is 7.12 Å². The summed E-state index contributed by atoms with van der Waals surface area (Å²) in [6.45, 7) is 11.5. The van der Waals surface area contributed by atoms with E-state index in [1.807, 2.05) is 40.7 Å². The molecule has 1 N–H and O–H groups in total. The molecule has 0 bridgehead atoms. The first-order chi connectivity index (χ1) is 11.0. The van der Waals surface area contributed by atoms with Crippen molar-refractivity contribution in [2.24, 2.45) is 0 Å². The first kappa shape index (κ1) is 18.7. The van der Waals surface area contributed by atoms with Crippen LogP contribution in [0, 0.1) is 12.7 Å². The van der Waals surface area contributed by atoms with Crippen molar-refractivity contribution in [3.63, 3.8) is 0 Å². The molecule has 1 saturated heterocycles. The molecule has 1 aliphatic rings. The standard InChI is InChI=1S/C18H25BFNO3/c1-12-9-16(20)8-7-14(12)10-15(11-21-13(2)22)19-23-17(3,4)18(5,6)24-19/h7-10H,11H2,1-6H3,(H,21,22). The molecule has 1 aromatic carbocycles. The number of amides is 1. The van der Waals surface area contributed by atoms with Crippen LogP contribution in [0.3, 0.4) is 0 Å². The number of aryl methyl sites for hydroxylation is 1. The highest BCUT2D eigenvalue weighted by Crippen LogP contribution is 2.38. The van der Waals surface area contributed by atoms with E-state index in [1.165, 1.54) is 19.1 Å². The molecule has 0 spiro atoms. The van der Waals surface area contributed by atoms with Crippen LogP contribution in [0.15, 0.2) is 23.7 Å². The fraction of sp³-hybridized carbons (Fsp3) is 0.500. The summed E-state index contributed by atoms with van der Waals surface area (Å²) in [5.74, 6) is -0.406. The predicted octanol–water partition coefficient (Wildman–Crippen LogP) is 3.29. The van der Waals surface area contributed by atoms with Crippen LogP contribution in [-0.2, 0) is 14.1 Å². The van der Waals surface area contributed by atoms with Crippen molar-refractivity contribution in [3.05, 3.63) is 40.6 Å². The van der Waals surface area contributed by atoms with Gasteiger partial charge in [0.1, 0.15) is 5.82 Å². The lowest BCUT2D eigenvalue weighted by molar-refractivity contribution is -0.118. The molecule has 1 aliphatic heterocycles. The SMILES string of the molecule is CC(=O)NCC(=Cc1ccc(F)cc1C)B1OC(C)(C)C(C)(C)O1. The molecule has 6 heteroatoms. The summed E-state index contributed by atoms with van der Waals surface area (Å²) in [6, 6.07) is 4.61. The summed E-state index contributed by atoms with van der Waals surface area (Å²) in [6.07, 6.45) is 1.90. The number of benzene rings is 1. The highest BCUT2D eigenvalue weighted by Gasteiger charge is 2.52. The number of carbonyl (C=O) groups is 1. The molecule has 0 aromatic heterocycles. The predicted molar refractivity (Wildman–Crippen MR) is 93.9 cm³/mol. The van der Waals surface area contributed by atoms with Crippen LogP contribution in [0.1, 0.15) is 45.7 Å². The highest BCUT2D eigenvalue weighted by molar-refractivity contribution is 6.56. The zero-order valence-electron chi connectivity index (χ0n) is 15.2. The summed E-state index contributed by atoms with van der Waals surface area (Å²) in [7, 11) is -0.564. The molecule has 1 aromatic rings. The summed E-state index contributed by atoms with van der Waals surface area (Å²) >= 11 is 0. The van der Waals surface area contributed by atoms with Crippen molar-refractivity contribution in [1.82, 2.24) is 5.32 Å². The smallest absolute Gasteiger partial charge is 0.400 e. The van der Waals surface area contributed by atoms with Crippen LogP contribution < -0.4 is 5.32 Å². The number of nitrogens with one attached hydrogen (secondary N) is 1. The molecule has 0 aliphatic carbocycles. The van der Waals surface area contributed by atoms with Crippen molar-refractivity contribution < 1.29 is 18.5 Å². The van der Waals surface area contributed by atoms with Gasteiger partial charge in [0.15, 0.2) is 0 Å². The Labute approximate surface area is 143 Å². The zero-order chi connectivity index (χ0) is 18.1. The van der Waals surface area contributed by atoms with Gasteiger partial charge in [0.05, 0.1) is 11.2 Å². The van der Waals surface area contributed by atoms with E-state index in [0.717, 1.165) is 16.6 Å². The molecule has 130 valence electrons. The van der Waals surface area contributed by atoms with Gasteiger partial charge in [-0.25, -0.2) is 4.39 Å². The van der Waals surface area contributed by atoms with Gasteiger partial charge in [-0.3, -0.25) is 4.79 Å². The Morgan fingerprint density at radius 3 is 2.33 bits per heavy atom. The summed E-state index contributed by atoms with van der Waals surface area (Å²) in [5.41, 5.74) is 1.53. The molecule has 2 rings (SSSR count). The molecule has 24 heavy (non-hydrogen) atoms. The Hall–Kier alpha value is -1.66. The quantitative estimate of drug-likeness (QED) is 0.860. The number of hydrogen-bond acceptors (Lipinski definition) is 3. The molecule has 1 heterocycles. The van der Waals surface area contributed by atoms with Crippen molar-refractivity contribution in [1.29, 1.82) is 0 Å². The molecule has 0 saturated carbocycles. The van der Waals surface area contributed by atoms with Gasteiger partial charge in [0.2, 0.25) is 5.91 Å². The maximum Gasteiger partial charge on any atom is 0.492 e.